The standard InChI is InChI=1S/C24H22BrN3O2/c1-2-14-30-22-13-12-17(15-20(22)25)16-26-28-23(18-8-4-3-5-9-18)27-21-11-7-6-10-19(21)24(28)29/h1,6-7,10-13,15-16,18H,3-5,8-9,14H2. The van der Waals surface area contributed by atoms with E-state index in [1.54, 1.807) is 12.3 Å². The largest absolute Gasteiger partial charge is 0.480 e. The van der Waals surface area contributed by atoms with Crippen LogP contribution in [0.4, 0.5) is 0 Å². The third-order valence-electron chi connectivity index (χ3n) is 5.34. The summed E-state index contributed by atoms with van der Waals surface area (Å²) in [6, 6.07) is 13.0. The molecule has 0 saturated heterocycles. The average molecular weight is 464 g/mol. The van der Waals surface area contributed by atoms with Crippen LogP contribution in [0.15, 0.2) is 56.8 Å². The molecule has 0 amide bonds. The predicted octanol–water partition coefficient (Wildman–Crippen LogP) is 5.10. The summed E-state index contributed by atoms with van der Waals surface area (Å²) in [6.45, 7) is 0.203. The van der Waals surface area contributed by atoms with Crippen LogP contribution in [0, 0.1) is 12.3 Å². The van der Waals surface area contributed by atoms with Gasteiger partial charge < -0.3 is 4.74 Å². The second-order valence-electron chi connectivity index (χ2n) is 7.37. The first-order valence-corrected chi connectivity index (χ1v) is 10.9. The van der Waals surface area contributed by atoms with Gasteiger partial charge in [0.25, 0.3) is 5.56 Å². The lowest BCUT2D eigenvalue weighted by Crippen LogP contribution is -2.25. The number of terminal acetylenes is 1. The number of halogens is 1. The van der Waals surface area contributed by atoms with E-state index in [0.29, 0.717) is 11.1 Å². The van der Waals surface area contributed by atoms with E-state index >= 15 is 0 Å². The minimum atomic E-state index is -0.134. The van der Waals surface area contributed by atoms with Crippen LogP contribution in [0.3, 0.4) is 0 Å². The Kier molecular flexibility index (Phi) is 6.29. The van der Waals surface area contributed by atoms with Crippen molar-refractivity contribution in [1.29, 1.82) is 0 Å². The molecule has 152 valence electrons. The highest BCUT2D eigenvalue weighted by atomic mass is 79.9. The molecule has 0 aliphatic heterocycles. The number of para-hydroxylation sites is 1. The first-order valence-electron chi connectivity index (χ1n) is 10.1. The Labute approximate surface area is 183 Å². The smallest absolute Gasteiger partial charge is 0.282 e. The number of nitrogens with zero attached hydrogens (tertiary/aromatic N) is 3. The quantitative estimate of drug-likeness (QED) is 0.390. The van der Waals surface area contributed by atoms with Crippen LogP contribution in [0.25, 0.3) is 10.9 Å². The van der Waals surface area contributed by atoms with E-state index in [2.05, 4.69) is 27.0 Å². The molecule has 0 spiro atoms. The molecule has 30 heavy (non-hydrogen) atoms. The second kappa shape index (κ2) is 9.27. The summed E-state index contributed by atoms with van der Waals surface area (Å²) in [5, 5.41) is 5.13. The van der Waals surface area contributed by atoms with Crippen LogP contribution >= 0.6 is 15.9 Å². The van der Waals surface area contributed by atoms with Crippen molar-refractivity contribution in [3.05, 3.63) is 68.7 Å². The monoisotopic (exact) mass is 463 g/mol. The van der Waals surface area contributed by atoms with Crippen LogP contribution in [-0.4, -0.2) is 22.5 Å². The number of rotatable bonds is 5. The zero-order valence-corrected chi connectivity index (χ0v) is 18.1. The first kappa shape index (κ1) is 20.4. The van der Waals surface area contributed by atoms with Gasteiger partial charge in [-0.05, 0) is 64.7 Å². The molecular formula is C24H22BrN3O2. The third-order valence-corrected chi connectivity index (χ3v) is 5.96. The molecular weight excluding hydrogens is 442 g/mol. The van der Waals surface area contributed by atoms with E-state index in [9.17, 15) is 4.79 Å². The molecule has 2 aromatic carbocycles. The van der Waals surface area contributed by atoms with Gasteiger partial charge in [0.2, 0.25) is 0 Å². The molecule has 0 N–H and O–H groups in total. The summed E-state index contributed by atoms with van der Waals surface area (Å²) < 4.78 is 7.73. The van der Waals surface area contributed by atoms with Gasteiger partial charge in [0.1, 0.15) is 18.2 Å². The van der Waals surface area contributed by atoms with E-state index in [0.717, 1.165) is 47.1 Å². The molecule has 0 unspecified atom stereocenters. The fourth-order valence-electron chi connectivity index (χ4n) is 3.84. The minimum Gasteiger partial charge on any atom is -0.480 e. The van der Waals surface area contributed by atoms with Gasteiger partial charge in [-0.25, -0.2) is 4.98 Å². The maximum atomic E-state index is 13.2. The fourth-order valence-corrected chi connectivity index (χ4v) is 4.35. The number of benzene rings is 2. The fraction of sp³-hybridized carbons (Fsp3) is 0.292. The van der Waals surface area contributed by atoms with Gasteiger partial charge in [0, 0.05) is 5.92 Å². The van der Waals surface area contributed by atoms with Gasteiger partial charge in [-0.3, -0.25) is 4.79 Å². The topological polar surface area (TPSA) is 56.5 Å². The van der Waals surface area contributed by atoms with Crippen LogP contribution in [-0.2, 0) is 0 Å². The highest BCUT2D eigenvalue weighted by molar-refractivity contribution is 9.10. The molecule has 0 bridgehead atoms. The predicted molar refractivity (Wildman–Crippen MR) is 123 cm³/mol. The molecule has 1 aromatic heterocycles. The SMILES string of the molecule is C#CCOc1ccc(C=Nn2c(C3CCCCC3)nc3ccccc3c2=O)cc1Br. The van der Waals surface area contributed by atoms with Crippen LogP contribution in [0.1, 0.15) is 49.4 Å². The maximum Gasteiger partial charge on any atom is 0.282 e. The molecule has 1 aliphatic carbocycles. The molecule has 0 radical (unpaired) electrons. The minimum absolute atomic E-state index is 0.134. The van der Waals surface area contributed by atoms with Crippen molar-refractivity contribution in [2.75, 3.05) is 6.61 Å². The number of ether oxygens (including phenoxy) is 1. The van der Waals surface area contributed by atoms with Crippen LogP contribution in [0.5, 0.6) is 5.75 Å². The van der Waals surface area contributed by atoms with Crippen molar-refractivity contribution in [1.82, 2.24) is 9.66 Å². The Morgan fingerprint density at radius 2 is 2.03 bits per heavy atom. The Bertz CT molecular complexity index is 1190. The molecule has 4 rings (SSSR count). The molecule has 6 heteroatoms. The van der Waals surface area contributed by atoms with Crippen molar-refractivity contribution in [2.24, 2.45) is 5.10 Å². The number of fused-ring (bicyclic) bond motifs is 1. The van der Waals surface area contributed by atoms with E-state index in [1.807, 2.05) is 36.4 Å². The maximum absolute atomic E-state index is 13.2. The van der Waals surface area contributed by atoms with Gasteiger partial charge in [-0.15, -0.1) is 6.42 Å². The lowest BCUT2D eigenvalue weighted by Gasteiger charge is -2.22. The zero-order chi connectivity index (χ0) is 20.9. The highest BCUT2D eigenvalue weighted by Crippen LogP contribution is 2.32. The van der Waals surface area contributed by atoms with Crippen molar-refractivity contribution in [3.63, 3.8) is 0 Å². The summed E-state index contributed by atoms with van der Waals surface area (Å²) in [7, 11) is 0. The van der Waals surface area contributed by atoms with E-state index in [4.69, 9.17) is 16.1 Å². The summed E-state index contributed by atoms with van der Waals surface area (Å²) in [4.78, 5) is 18.1. The van der Waals surface area contributed by atoms with Crippen molar-refractivity contribution in [2.45, 2.75) is 38.0 Å². The number of hydrogen-bond donors (Lipinski definition) is 0. The van der Waals surface area contributed by atoms with Crippen molar-refractivity contribution >= 4 is 33.0 Å². The molecule has 3 aromatic rings. The Morgan fingerprint density at radius 1 is 1.23 bits per heavy atom. The first-order chi connectivity index (χ1) is 14.7. The van der Waals surface area contributed by atoms with Crippen molar-refractivity contribution in [3.8, 4) is 18.1 Å². The lowest BCUT2D eigenvalue weighted by molar-refractivity contribution is 0.368. The zero-order valence-electron chi connectivity index (χ0n) is 16.6. The molecule has 1 heterocycles. The second-order valence-corrected chi connectivity index (χ2v) is 8.22. The van der Waals surface area contributed by atoms with Gasteiger partial charge in [0.05, 0.1) is 21.6 Å². The average Bonchev–Trinajstić information content (AvgIpc) is 2.78. The normalized spacial score (nSPS) is 14.8. The molecule has 1 fully saturated rings. The lowest BCUT2D eigenvalue weighted by atomic mass is 9.88. The van der Waals surface area contributed by atoms with Gasteiger partial charge in [0.15, 0.2) is 0 Å². The van der Waals surface area contributed by atoms with E-state index < -0.39 is 0 Å². The Balaban J connectivity index is 1.74. The summed E-state index contributed by atoms with van der Waals surface area (Å²) >= 11 is 3.49. The summed E-state index contributed by atoms with van der Waals surface area (Å²) in [5.74, 6) is 4.11. The highest BCUT2D eigenvalue weighted by Gasteiger charge is 2.22. The summed E-state index contributed by atoms with van der Waals surface area (Å²) in [5.41, 5.74) is 1.43. The third kappa shape index (κ3) is 4.31. The van der Waals surface area contributed by atoms with E-state index in [-0.39, 0.29) is 18.1 Å². The van der Waals surface area contributed by atoms with Crippen molar-refractivity contribution < 1.29 is 4.74 Å². The van der Waals surface area contributed by atoms with Crippen LogP contribution in [0.2, 0.25) is 0 Å². The number of hydrogen-bond acceptors (Lipinski definition) is 4. The number of aromatic nitrogens is 2. The Hall–Kier alpha value is -2.91. The summed E-state index contributed by atoms with van der Waals surface area (Å²) in [6.07, 6.45) is 12.5. The molecule has 1 saturated carbocycles. The van der Waals surface area contributed by atoms with Gasteiger partial charge in [-0.1, -0.05) is 37.3 Å². The molecule has 1 aliphatic rings. The Morgan fingerprint density at radius 3 is 2.80 bits per heavy atom. The molecule has 0 atom stereocenters. The van der Waals surface area contributed by atoms with E-state index in [1.165, 1.54) is 11.1 Å². The van der Waals surface area contributed by atoms with Gasteiger partial charge >= 0.3 is 0 Å². The van der Waals surface area contributed by atoms with Gasteiger partial charge in [-0.2, -0.15) is 9.78 Å². The molecule has 5 nitrogen and oxygen atoms in total. The van der Waals surface area contributed by atoms with Crippen LogP contribution < -0.4 is 10.3 Å².